The van der Waals surface area contributed by atoms with Crippen LogP contribution < -0.4 is 5.32 Å². The molecule has 1 amide bonds. The average Bonchev–Trinajstić information content (AvgIpc) is 2.89. The van der Waals surface area contributed by atoms with Crippen molar-refractivity contribution < 1.29 is 4.79 Å². The van der Waals surface area contributed by atoms with Gasteiger partial charge in [0.25, 0.3) is 0 Å². The zero-order valence-electron chi connectivity index (χ0n) is 12.5. The highest BCUT2D eigenvalue weighted by molar-refractivity contribution is 9.10. The van der Waals surface area contributed by atoms with E-state index >= 15 is 0 Å². The Kier molecular flexibility index (Phi) is 4.37. The molecule has 0 saturated heterocycles. The molecule has 1 atom stereocenters. The van der Waals surface area contributed by atoms with E-state index in [4.69, 9.17) is 11.6 Å². The largest absolute Gasteiger partial charge is 0.322 e. The molecule has 0 aliphatic rings. The van der Waals surface area contributed by atoms with E-state index in [0.29, 0.717) is 16.4 Å². The highest BCUT2D eigenvalue weighted by Gasteiger charge is 2.18. The minimum absolute atomic E-state index is 0.182. The van der Waals surface area contributed by atoms with E-state index in [9.17, 15) is 4.79 Å². The molecule has 23 heavy (non-hydrogen) atoms. The zero-order valence-corrected chi connectivity index (χ0v) is 14.9. The first-order chi connectivity index (χ1) is 11.0. The topological polar surface area (TPSA) is 59.8 Å². The van der Waals surface area contributed by atoms with Gasteiger partial charge in [-0.1, -0.05) is 33.6 Å². The molecule has 2 aromatic heterocycles. The van der Waals surface area contributed by atoms with Crippen LogP contribution in [0.3, 0.4) is 0 Å². The lowest BCUT2D eigenvalue weighted by molar-refractivity contribution is -0.119. The van der Waals surface area contributed by atoms with E-state index in [1.807, 2.05) is 24.3 Å². The van der Waals surface area contributed by atoms with E-state index in [1.165, 1.54) is 0 Å². The summed E-state index contributed by atoms with van der Waals surface area (Å²) >= 11 is 9.50. The van der Waals surface area contributed by atoms with E-state index < -0.39 is 6.04 Å². The normalized spacial score (nSPS) is 12.3. The minimum Gasteiger partial charge on any atom is -0.322 e. The smallest absolute Gasteiger partial charge is 0.249 e. The summed E-state index contributed by atoms with van der Waals surface area (Å²) in [6.45, 7) is 3.57. The van der Waals surface area contributed by atoms with Gasteiger partial charge in [0.05, 0.1) is 21.9 Å². The molecule has 0 bridgehead atoms. The van der Waals surface area contributed by atoms with Crippen LogP contribution in [0.25, 0.3) is 10.9 Å². The molecule has 5 nitrogen and oxygen atoms in total. The predicted octanol–water partition coefficient (Wildman–Crippen LogP) is 4.36. The number of pyridine rings is 1. The number of aromatic nitrogens is 3. The van der Waals surface area contributed by atoms with Crippen LogP contribution in [-0.4, -0.2) is 20.7 Å². The third-order valence-electron chi connectivity index (χ3n) is 3.61. The maximum Gasteiger partial charge on any atom is 0.249 e. The van der Waals surface area contributed by atoms with Gasteiger partial charge in [0.1, 0.15) is 6.04 Å². The molecule has 118 valence electrons. The third-order valence-corrected chi connectivity index (χ3v) is 4.67. The van der Waals surface area contributed by atoms with Gasteiger partial charge in [-0.15, -0.1) is 0 Å². The standard InChI is InChI=1S/C16H14BrClN4O/c1-9-13(18)8-22(21-9)10(2)16(23)20-14-6-5-12(17)11-4-3-7-19-15(11)14/h3-8,10H,1-2H3,(H,20,23). The Bertz CT molecular complexity index is 873. The van der Waals surface area contributed by atoms with E-state index in [2.05, 4.69) is 31.3 Å². The fourth-order valence-electron chi connectivity index (χ4n) is 2.25. The molecule has 0 radical (unpaired) electrons. The van der Waals surface area contributed by atoms with Gasteiger partial charge in [-0.05, 0) is 32.0 Å². The van der Waals surface area contributed by atoms with Crippen LogP contribution in [0.4, 0.5) is 5.69 Å². The Balaban J connectivity index is 1.90. The molecule has 3 rings (SSSR count). The van der Waals surface area contributed by atoms with Crippen molar-refractivity contribution in [3.63, 3.8) is 0 Å². The van der Waals surface area contributed by atoms with Crippen molar-refractivity contribution in [1.29, 1.82) is 0 Å². The van der Waals surface area contributed by atoms with Crippen LogP contribution in [0.15, 0.2) is 41.1 Å². The second kappa shape index (κ2) is 6.29. The van der Waals surface area contributed by atoms with E-state index in [1.54, 1.807) is 30.9 Å². The number of benzene rings is 1. The summed E-state index contributed by atoms with van der Waals surface area (Å²) in [7, 11) is 0. The van der Waals surface area contributed by atoms with Crippen molar-refractivity contribution in [3.8, 4) is 0 Å². The van der Waals surface area contributed by atoms with Crippen molar-refractivity contribution in [2.24, 2.45) is 0 Å². The van der Waals surface area contributed by atoms with Crippen LogP contribution in [0.1, 0.15) is 18.7 Å². The fraction of sp³-hybridized carbons (Fsp3) is 0.188. The summed E-state index contributed by atoms with van der Waals surface area (Å²) in [6.07, 6.45) is 3.35. The molecular formula is C16H14BrClN4O. The molecule has 0 saturated carbocycles. The monoisotopic (exact) mass is 392 g/mol. The lowest BCUT2D eigenvalue weighted by Crippen LogP contribution is -2.24. The van der Waals surface area contributed by atoms with Gasteiger partial charge in [0.15, 0.2) is 0 Å². The summed E-state index contributed by atoms with van der Waals surface area (Å²) in [5, 5.41) is 8.65. The maximum absolute atomic E-state index is 12.5. The number of anilines is 1. The predicted molar refractivity (Wildman–Crippen MR) is 94.8 cm³/mol. The molecule has 0 fully saturated rings. The van der Waals surface area contributed by atoms with Crippen molar-refractivity contribution in [3.05, 3.63) is 51.8 Å². The van der Waals surface area contributed by atoms with Crippen LogP contribution in [-0.2, 0) is 4.79 Å². The van der Waals surface area contributed by atoms with Crippen molar-refractivity contribution in [1.82, 2.24) is 14.8 Å². The quantitative estimate of drug-likeness (QED) is 0.719. The highest BCUT2D eigenvalue weighted by atomic mass is 79.9. The molecule has 0 aliphatic heterocycles. The number of hydrogen-bond acceptors (Lipinski definition) is 3. The lowest BCUT2D eigenvalue weighted by Gasteiger charge is -2.14. The Morgan fingerprint density at radius 1 is 1.39 bits per heavy atom. The van der Waals surface area contributed by atoms with Crippen LogP contribution in [0.2, 0.25) is 5.02 Å². The van der Waals surface area contributed by atoms with Gasteiger partial charge in [-0.25, -0.2) is 0 Å². The second-order valence-corrected chi connectivity index (χ2v) is 6.46. The number of carbonyl (C=O) groups is 1. The summed E-state index contributed by atoms with van der Waals surface area (Å²) in [4.78, 5) is 16.9. The lowest BCUT2D eigenvalue weighted by atomic mass is 10.2. The molecule has 0 aliphatic carbocycles. The van der Waals surface area contributed by atoms with Gasteiger partial charge in [0.2, 0.25) is 5.91 Å². The number of nitrogens with zero attached hydrogens (tertiary/aromatic N) is 3. The third kappa shape index (κ3) is 3.09. The number of halogens is 2. The molecule has 1 N–H and O–H groups in total. The Morgan fingerprint density at radius 3 is 2.87 bits per heavy atom. The van der Waals surface area contributed by atoms with E-state index in [0.717, 1.165) is 15.4 Å². The molecule has 7 heteroatoms. The van der Waals surface area contributed by atoms with Crippen LogP contribution >= 0.6 is 27.5 Å². The van der Waals surface area contributed by atoms with E-state index in [-0.39, 0.29) is 5.91 Å². The van der Waals surface area contributed by atoms with Crippen molar-refractivity contribution in [2.75, 3.05) is 5.32 Å². The molecule has 3 aromatic rings. The Hall–Kier alpha value is -1.92. The van der Waals surface area contributed by atoms with Gasteiger partial charge in [0, 0.05) is 22.3 Å². The van der Waals surface area contributed by atoms with Crippen LogP contribution in [0, 0.1) is 6.92 Å². The SMILES string of the molecule is Cc1nn(C(C)C(=O)Nc2ccc(Br)c3cccnc23)cc1Cl. The van der Waals surface area contributed by atoms with Gasteiger partial charge in [-0.2, -0.15) is 5.10 Å². The first kappa shape index (κ1) is 16.0. The minimum atomic E-state index is -0.483. The molecule has 1 unspecified atom stereocenters. The zero-order chi connectivity index (χ0) is 16.6. The number of nitrogens with one attached hydrogen (secondary N) is 1. The average molecular weight is 394 g/mol. The van der Waals surface area contributed by atoms with Crippen molar-refractivity contribution in [2.45, 2.75) is 19.9 Å². The maximum atomic E-state index is 12.5. The summed E-state index contributed by atoms with van der Waals surface area (Å²) in [5.74, 6) is -0.182. The summed E-state index contributed by atoms with van der Waals surface area (Å²) < 4.78 is 2.49. The molecule has 1 aromatic carbocycles. The second-order valence-electron chi connectivity index (χ2n) is 5.20. The fourth-order valence-corrected chi connectivity index (χ4v) is 2.84. The van der Waals surface area contributed by atoms with Gasteiger partial charge < -0.3 is 5.32 Å². The Labute approximate surface area is 146 Å². The molecule has 0 spiro atoms. The van der Waals surface area contributed by atoms with Crippen LogP contribution in [0.5, 0.6) is 0 Å². The van der Waals surface area contributed by atoms with Crippen molar-refractivity contribution >= 4 is 50.0 Å². The number of carbonyl (C=O) groups excluding carboxylic acids is 1. The summed E-state index contributed by atoms with van der Waals surface area (Å²) in [6, 6.07) is 7.03. The van der Waals surface area contributed by atoms with Gasteiger partial charge >= 0.3 is 0 Å². The molecule has 2 heterocycles. The Morgan fingerprint density at radius 2 is 2.17 bits per heavy atom. The first-order valence-electron chi connectivity index (χ1n) is 7.02. The number of amides is 1. The highest BCUT2D eigenvalue weighted by Crippen LogP contribution is 2.29. The summed E-state index contributed by atoms with van der Waals surface area (Å²) in [5.41, 5.74) is 2.09. The number of rotatable bonds is 3. The number of hydrogen-bond donors (Lipinski definition) is 1. The first-order valence-corrected chi connectivity index (χ1v) is 8.20. The number of fused-ring (bicyclic) bond motifs is 1. The van der Waals surface area contributed by atoms with Gasteiger partial charge in [-0.3, -0.25) is 14.5 Å². The molecular weight excluding hydrogens is 380 g/mol. The number of aryl methyl sites for hydroxylation is 1.